The van der Waals surface area contributed by atoms with Crippen LogP contribution in [0.25, 0.3) is 0 Å². The third kappa shape index (κ3) is 2.03. The number of sulfonamides is 1. The first-order valence-electron chi connectivity index (χ1n) is 5.17. The maximum atomic E-state index is 12.2. The van der Waals surface area contributed by atoms with Crippen LogP contribution in [0, 0.1) is 6.92 Å². The first kappa shape index (κ1) is 11.3. The topological polar surface area (TPSA) is 66.1 Å². The fraction of sp³-hybridized carbons (Fsp3) is 0.500. The van der Waals surface area contributed by atoms with Crippen LogP contribution in [0.4, 0.5) is 0 Å². The molecule has 1 aromatic rings. The van der Waals surface area contributed by atoms with Gasteiger partial charge in [0, 0.05) is 13.1 Å². The molecule has 16 heavy (non-hydrogen) atoms. The molecule has 0 spiro atoms. The van der Waals surface area contributed by atoms with Crippen LogP contribution >= 0.6 is 0 Å². The van der Waals surface area contributed by atoms with Gasteiger partial charge in [-0.05, 0) is 20.3 Å². The minimum Gasteiger partial charge on any atom is -0.332 e. The predicted molar refractivity (Wildman–Crippen MR) is 60.5 cm³/mol. The van der Waals surface area contributed by atoms with Crippen molar-refractivity contribution in [3.8, 4) is 0 Å². The summed E-state index contributed by atoms with van der Waals surface area (Å²) >= 11 is 0. The van der Waals surface area contributed by atoms with Crippen molar-refractivity contribution in [2.24, 2.45) is 0 Å². The second kappa shape index (κ2) is 4.03. The molecule has 2 heterocycles. The first-order valence-corrected chi connectivity index (χ1v) is 6.61. The van der Waals surface area contributed by atoms with Gasteiger partial charge in [0.25, 0.3) is 10.0 Å². The van der Waals surface area contributed by atoms with E-state index in [-0.39, 0.29) is 5.03 Å². The maximum Gasteiger partial charge on any atom is 0.260 e. The summed E-state index contributed by atoms with van der Waals surface area (Å²) in [7, 11) is -3.40. The van der Waals surface area contributed by atoms with E-state index in [4.69, 9.17) is 0 Å². The lowest BCUT2D eigenvalue weighted by Crippen LogP contribution is -2.35. The fourth-order valence-electron chi connectivity index (χ4n) is 1.75. The van der Waals surface area contributed by atoms with Gasteiger partial charge in [-0.1, -0.05) is 11.6 Å². The van der Waals surface area contributed by atoms with Gasteiger partial charge in [0.15, 0.2) is 5.03 Å². The minimum absolute atomic E-state index is 0.180. The number of rotatable bonds is 2. The average Bonchev–Trinajstić information content (AvgIpc) is 2.65. The first-order chi connectivity index (χ1) is 7.50. The van der Waals surface area contributed by atoms with E-state index in [0.29, 0.717) is 18.9 Å². The van der Waals surface area contributed by atoms with Crippen molar-refractivity contribution in [3.63, 3.8) is 0 Å². The van der Waals surface area contributed by atoms with Crippen LogP contribution in [0.3, 0.4) is 0 Å². The van der Waals surface area contributed by atoms with E-state index in [1.807, 2.05) is 6.92 Å². The number of aromatic nitrogens is 2. The summed E-state index contributed by atoms with van der Waals surface area (Å²) in [5.74, 6) is 0.614. The Balaban J connectivity index is 2.30. The van der Waals surface area contributed by atoms with E-state index in [1.165, 1.54) is 10.5 Å². The zero-order chi connectivity index (χ0) is 11.8. The Labute approximate surface area is 95.2 Å². The van der Waals surface area contributed by atoms with E-state index < -0.39 is 10.0 Å². The molecule has 0 saturated heterocycles. The predicted octanol–water partition coefficient (Wildman–Crippen LogP) is 1.06. The molecule has 0 aliphatic carbocycles. The van der Waals surface area contributed by atoms with E-state index in [2.05, 4.69) is 16.0 Å². The van der Waals surface area contributed by atoms with Gasteiger partial charge < -0.3 is 4.98 Å². The molecule has 0 saturated carbocycles. The second-order valence-corrected chi connectivity index (χ2v) is 5.92. The molecule has 0 bridgehead atoms. The largest absolute Gasteiger partial charge is 0.332 e. The van der Waals surface area contributed by atoms with Gasteiger partial charge in [-0.15, -0.1) is 0 Å². The van der Waals surface area contributed by atoms with Gasteiger partial charge in [-0.25, -0.2) is 13.4 Å². The molecule has 6 heteroatoms. The lowest BCUT2D eigenvalue weighted by atomic mass is 10.2. The normalized spacial score (nSPS) is 18.5. The molecular weight excluding hydrogens is 226 g/mol. The van der Waals surface area contributed by atoms with E-state index in [0.717, 1.165) is 12.0 Å². The van der Waals surface area contributed by atoms with Crippen molar-refractivity contribution >= 4 is 10.0 Å². The van der Waals surface area contributed by atoms with Gasteiger partial charge in [-0.3, -0.25) is 0 Å². The highest BCUT2D eigenvalue weighted by Crippen LogP contribution is 2.18. The van der Waals surface area contributed by atoms with Crippen LogP contribution in [0.1, 0.15) is 19.2 Å². The summed E-state index contributed by atoms with van der Waals surface area (Å²) in [6, 6.07) is 0. The highest BCUT2D eigenvalue weighted by atomic mass is 32.2. The van der Waals surface area contributed by atoms with Crippen molar-refractivity contribution in [3.05, 3.63) is 23.7 Å². The van der Waals surface area contributed by atoms with E-state index >= 15 is 0 Å². The summed E-state index contributed by atoms with van der Waals surface area (Å²) < 4.78 is 25.8. The van der Waals surface area contributed by atoms with Crippen molar-refractivity contribution in [2.75, 3.05) is 13.1 Å². The third-order valence-electron chi connectivity index (χ3n) is 2.59. The van der Waals surface area contributed by atoms with Crippen molar-refractivity contribution in [1.82, 2.24) is 14.3 Å². The number of imidazole rings is 1. The van der Waals surface area contributed by atoms with Crippen LogP contribution in [-0.4, -0.2) is 35.8 Å². The van der Waals surface area contributed by atoms with E-state index in [1.54, 1.807) is 6.92 Å². The molecule has 0 radical (unpaired) electrons. The number of nitrogens with one attached hydrogen (secondary N) is 1. The van der Waals surface area contributed by atoms with E-state index in [9.17, 15) is 8.42 Å². The fourth-order valence-corrected chi connectivity index (χ4v) is 3.21. The second-order valence-electron chi connectivity index (χ2n) is 4.01. The molecule has 1 N–H and O–H groups in total. The Hall–Kier alpha value is -1.14. The Kier molecular flexibility index (Phi) is 2.86. The molecular formula is C10H15N3O2S. The summed E-state index contributed by atoms with van der Waals surface area (Å²) in [4.78, 5) is 6.69. The molecule has 0 aromatic carbocycles. The molecule has 0 fully saturated rings. The van der Waals surface area contributed by atoms with Crippen LogP contribution in [-0.2, 0) is 10.0 Å². The molecule has 0 amide bonds. The molecule has 0 atom stereocenters. The van der Waals surface area contributed by atoms with Crippen LogP contribution in [0.15, 0.2) is 22.9 Å². The minimum atomic E-state index is -3.40. The smallest absolute Gasteiger partial charge is 0.260 e. The summed E-state index contributed by atoms with van der Waals surface area (Å²) in [5, 5.41) is 0.180. The lowest BCUT2D eigenvalue weighted by Gasteiger charge is -2.24. The Morgan fingerprint density at radius 3 is 2.75 bits per heavy atom. The lowest BCUT2D eigenvalue weighted by molar-refractivity contribution is 0.426. The van der Waals surface area contributed by atoms with Crippen LogP contribution in [0.5, 0.6) is 0 Å². The standard InChI is InChI=1S/C10H15N3O2S/c1-8-4-3-5-13(7-8)16(14,15)10-6-11-9(2)12-10/h4,6H,3,5,7H2,1-2H3,(H,11,12). The highest BCUT2D eigenvalue weighted by Gasteiger charge is 2.27. The number of nitrogens with zero attached hydrogens (tertiary/aromatic N) is 2. The van der Waals surface area contributed by atoms with Crippen molar-refractivity contribution in [1.29, 1.82) is 0 Å². The van der Waals surface area contributed by atoms with Gasteiger partial charge in [0.05, 0.1) is 6.20 Å². The number of H-pyrrole nitrogens is 1. The molecule has 88 valence electrons. The monoisotopic (exact) mass is 241 g/mol. The Bertz CT molecular complexity index is 516. The van der Waals surface area contributed by atoms with Crippen LogP contribution < -0.4 is 0 Å². The number of hydrogen-bond acceptors (Lipinski definition) is 3. The van der Waals surface area contributed by atoms with Gasteiger partial charge >= 0.3 is 0 Å². The summed E-state index contributed by atoms with van der Waals surface area (Å²) in [6.45, 7) is 4.69. The Morgan fingerprint density at radius 2 is 2.19 bits per heavy atom. The van der Waals surface area contributed by atoms with Crippen molar-refractivity contribution in [2.45, 2.75) is 25.3 Å². The molecule has 1 aromatic heterocycles. The SMILES string of the molecule is CC1=CCCN(S(=O)(=O)c2cnc(C)[nH]2)C1. The Morgan fingerprint density at radius 1 is 1.44 bits per heavy atom. The third-order valence-corrected chi connectivity index (χ3v) is 4.35. The summed E-state index contributed by atoms with van der Waals surface area (Å²) in [6.07, 6.45) is 4.22. The number of hydrogen-bond donors (Lipinski definition) is 1. The van der Waals surface area contributed by atoms with Gasteiger partial charge in [0.1, 0.15) is 5.82 Å². The van der Waals surface area contributed by atoms with Gasteiger partial charge in [0.2, 0.25) is 0 Å². The average molecular weight is 241 g/mol. The maximum absolute atomic E-state index is 12.2. The zero-order valence-electron chi connectivity index (χ0n) is 9.40. The zero-order valence-corrected chi connectivity index (χ0v) is 10.2. The highest BCUT2D eigenvalue weighted by molar-refractivity contribution is 7.89. The molecule has 0 unspecified atom stereocenters. The number of aromatic amines is 1. The van der Waals surface area contributed by atoms with Gasteiger partial charge in [-0.2, -0.15) is 4.31 Å². The van der Waals surface area contributed by atoms with Crippen LogP contribution in [0.2, 0.25) is 0 Å². The quantitative estimate of drug-likeness (QED) is 0.787. The summed E-state index contributed by atoms with van der Waals surface area (Å²) in [5.41, 5.74) is 1.09. The molecule has 2 rings (SSSR count). The molecule has 5 nitrogen and oxygen atoms in total. The van der Waals surface area contributed by atoms with Crippen molar-refractivity contribution < 1.29 is 8.42 Å². The number of aryl methyl sites for hydroxylation is 1. The molecule has 1 aliphatic heterocycles. The molecule has 1 aliphatic rings.